The Hall–Kier alpha value is -16.0. The Kier molecular flexibility index (Phi) is 25.4. The maximum Gasteiger partial charge on any atom is 0.237 e. The van der Waals surface area contributed by atoms with Gasteiger partial charge in [0.15, 0.2) is 0 Å². The summed E-state index contributed by atoms with van der Waals surface area (Å²) in [5, 5.41) is 47.9. The number of aryl methyl sites for hydroxylation is 4. The van der Waals surface area contributed by atoms with Crippen LogP contribution in [0.25, 0.3) is 87.6 Å². The minimum Gasteiger partial charge on any atom is -0.474 e. The lowest BCUT2D eigenvalue weighted by atomic mass is 9.98. The number of nitrogens with zero attached hydrogens (tertiary/aromatic N) is 16. The number of hydrogen-bond acceptors (Lipinski definition) is 24. The number of carbonyl (C=O) groups is 4. The van der Waals surface area contributed by atoms with Crippen molar-refractivity contribution in [1.29, 1.82) is 0 Å². The highest BCUT2D eigenvalue weighted by Gasteiger charge is 2.58. The molecule has 144 heavy (non-hydrogen) atoms. The lowest BCUT2D eigenvalue weighted by Crippen LogP contribution is -2.20. The number of ether oxygens (including phenoxy) is 4. The zero-order chi connectivity index (χ0) is 99.9. The van der Waals surface area contributed by atoms with Gasteiger partial charge in [-0.1, -0.05) is 53.4 Å². The van der Waals surface area contributed by atoms with E-state index in [0.717, 1.165) is 114 Å². The molecule has 736 valence electrons. The standard InChI is InChI=1S/4C27H27FN6O2/c4*1-4-18-23(17-11-32-34(3)13-17)24(18)26(35)33-22-9-15-7-19(21(28)8-16(15)10-30-22)20-12-31-27-25(14(20)2)29-5-6-36-27/h4*7-13,18,23-24,29H,4-6H2,1-3H3,(H,30,33,35)/t2*18-,23+,24+;2*18-,23-,24-/m1010/s1. The number of hydrogen-bond donors (Lipinski definition) is 8. The first-order valence-corrected chi connectivity index (χ1v) is 48.8. The van der Waals surface area contributed by atoms with Crippen LogP contribution in [0.15, 0.2) is 172 Å². The quantitative estimate of drug-likeness (QED) is 0.0329. The van der Waals surface area contributed by atoms with Gasteiger partial charge in [-0.05, 0) is 190 Å². The maximum absolute atomic E-state index is 15.1. The molecule has 0 spiro atoms. The summed E-state index contributed by atoms with van der Waals surface area (Å²) in [6, 6.07) is 20.2. The molecule has 24 rings (SSSR count). The second-order valence-electron chi connectivity index (χ2n) is 38.2. The molecular weight excluding hydrogens is 1840 g/mol. The predicted octanol–water partition coefficient (Wildman–Crippen LogP) is 18.6. The SMILES string of the molecule is CC[C@@H]1[C@@H](C(=O)Nc2cc3cc(-c4cnc5c(c4C)NCCO5)c(F)cc3cn2)[C@@H]1c1cnn(C)c1.CC[C@@H]1[C@H](C(=O)Nc2cc3cc(-c4cnc5c(c4C)NCCO5)c(F)cc3cn2)[C@H]1c1cnn(C)c1.CC[C@H]1[C@@H](C(=O)Nc2cc3cc(-c4cnc5c(c4C)NCCO5)c(F)cc3cn2)[C@@H]1c1cnn(C)c1.CC[C@H]1[C@H](C(=O)Nc2cc3cc(-c4cnc5c(c4C)NCCO5)c(F)cc3cn2)[C@H]1c1cnn(C)c1. The van der Waals surface area contributed by atoms with Crippen molar-refractivity contribution in [1.82, 2.24) is 79.0 Å². The van der Waals surface area contributed by atoms with Gasteiger partial charge < -0.3 is 61.5 Å². The molecule has 0 saturated heterocycles. The monoisotopic (exact) mass is 1940 g/mol. The molecule has 4 aromatic carbocycles. The predicted molar refractivity (Wildman–Crippen MR) is 542 cm³/mol. The number of pyridine rings is 8. The molecule has 0 bridgehead atoms. The summed E-state index contributed by atoms with van der Waals surface area (Å²) >= 11 is 0. The minimum atomic E-state index is -0.356. The number of aromatic nitrogens is 16. The van der Waals surface area contributed by atoms with Crippen LogP contribution in [0.5, 0.6) is 23.5 Å². The summed E-state index contributed by atoms with van der Waals surface area (Å²) in [6.07, 6.45) is 31.9. The molecular formula is C108H108F4N24O8. The summed E-state index contributed by atoms with van der Waals surface area (Å²) in [6.45, 7) is 21.0. The van der Waals surface area contributed by atoms with Crippen molar-refractivity contribution in [2.24, 2.45) is 75.5 Å². The second-order valence-corrected chi connectivity index (χ2v) is 38.2. The van der Waals surface area contributed by atoms with Crippen LogP contribution in [-0.4, -0.2) is 155 Å². The van der Waals surface area contributed by atoms with Crippen LogP contribution in [0.1, 0.15) is 122 Å². The molecule has 0 radical (unpaired) electrons. The second kappa shape index (κ2) is 38.8. The third-order valence-electron chi connectivity index (χ3n) is 29.4. The Morgan fingerprint density at radius 2 is 0.514 bits per heavy atom. The average Bonchev–Trinajstić information content (AvgIpc) is 1.22. The molecule has 8 N–H and O–H groups in total. The Bertz CT molecular complexity index is 6900. The molecule has 0 unspecified atom stereocenters. The Labute approximate surface area is 826 Å². The number of fused-ring (bicyclic) bond motifs is 8. The highest BCUT2D eigenvalue weighted by atomic mass is 19.1. The lowest BCUT2D eigenvalue weighted by Gasteiger charge is -2.21. The molecule has 16 heterocycles. The molecule has 32 nitrogen and oxygen atoms in total. The van der Waals surface area contributed by atoms with Gasteiger partial charge in [-0.3, -0.25) is 37.9 Å². The summed E-state index contributed by atoms with van der Waals surface area (Å²) in [4.78, 5) is 87.5. The zero-order valence-corrected chi connectivity index (χ0v) is 81.5. The zero-order valence-electron chi connectivity index (χ0n) is 81.5. The van der Waals surface area contributed by atoms with Crippen LogP contribution in [0.3, 0.4) is 0 Å². The van der Waals surface area contributed by atoms with Gasteiger partial charge in [0.25, 0.3) is 0 Å². The van der Waals surface area contributed by atoms with E-state index in [1.54, 1.807) is 117 Å². The number of anilines is 8. The normalized spacial score (nSPS) is 20.4. The molecule has 12 atom stereocenters. The summed E-state index contributed by atoms with van der Waals surface area (Å²) in [5.41, 5.74) is 15.5. The van der Waals surface area contributed by atoms with Gasteiger partial charge in [0, 0.05) is 242 Å². The van der Waals surface area contributed by atoms with E-state index >= 15 is 17.6 Å². The first-order valence-electron chi connectivity index (χ1n) is 48.8. The number of benzene rings is 4. The summed E-state index contributed by atoms with van der Waals surface area (Å²) in [7, 11) is 7.52. The number of carbonyl (C=O) groups excluding carboxylic acids is 4. The van der Waals surface area contributed by atoms with E-state index in [1.807, 2.05) is 105 Å². The fourth-order valence-corrected chi connectivity index (χ4v) is 21.8. The highest BCUT2D eigenvalue weighted by Crippen LogP contribution is 2.60. The van der Waals surface area contributed by atoms with Gasteiger partial charge in [-0.2, -0.15) is 20.4 Å². The van der Waals surface area contributed by atoms with Crippen LogP contribution in [-0.2, 0) is 47.4 Å². The van der Waals surface area contributed by atoms with E-state index in [0.29, 0.717) is 165 Å². The Morgan fingerprint density at radius 1 is 0.299 bits per heavy atom. The third kappa shape index (κ3) is 18.3. The number of halogens is 4. The van der Waals surface area contributed by atoms with E-state index < -0.39 is 0 Å². The van der Waals surface area contributed by atoms with Gasteiger partial charge in [0.1, 0.15) is 95.7 Å². The van der Waals surface area contributed by atoms with E-state index in [9.17, 15) is 19.2 Å². The minimum absolute atomic E-state index is 0.0503. The van der Waals surface area contributed by atoms with Crippen molar-refractivity contribution >= 4 is 113 Å². The van der Waals surface area contributed by atoms with Crippen LogP contribution < -0.4 is 61.5 Å². The molecule has 12 aromatic heterocycles. The van der Waals surface area contributed by atoms with Gasteiger partial charge in [0.05, 0.1) is 24.8 Å². The topological polar surface area (TPSA) is 376 Å². The van der Waals surface area contributed by atoms with Crippen molar-refractivity contribution in [2.45, 2.75) is 105 Å². The molecule has 4 aliphatic carbocycles. The van der Waals surface area contributed by atoms with E-state index in [-0.39, 0.29) is 118 Å². The number of rotatable bonds is 20. The van der Waals surface area contributed by atoms with Crippen LogP contribution in [0.2, 0.25) is 0 Å². The molecule has 16 aromatic rings. The van der Waals surface area contributed by atoms with Crippen LogP contribution in [0.4, 0.5) is 63.6 Å². The fourth-order valence-electron chi connectivity index (χ4n) is 21.8. The summed E-state index contributed by atoms with van der Waals surface area (Å²) in [5.74, 6) is 3.69. The number of amides is 4. The van der Waals surface area contributed by atoms with Gasteiger partial charge in [-0.25, -0.2) is 57.4 Å². The first-order chi connectivity index (χ1) is 69.8. The molecule has 8 aliphatic rings. The smallest absolute Gasteiger partial charge is 0.237 e. The van der Waals surface area contributed by atoms with Crippen molar-refractivity contribution in [3.8, 4) is 68.0 Å². The fraction of sp³-hybridized carbons (Fsp3) is 0.333. The summed E-state index contributed by atoms with van der Waals surface area (Å²) < 4.78 is 90.1. The Morgan fingerprint density at radius 3 is 0.708 bits per heavy atom. The third-order valence-corrected chi connectivity index (χ3v) is 29.4. The highest BCUT2D eigenvalue weighted by molar-refractivity contribution is 6.02. The van der Waals surface area contributed by atoms with E-state index in [4.69, 9.17) is 18.9 Å². The average molecular weight is 1950 g/mol. The molecule has 4 aliphatic heterocycles. The lowest BCUT2D eigenvalue weighted by molar-refractivity contribution is -0.118. The van der Waals surface area contributed by atoms with Crippen LogP contribution in [0, 0.1) is 98.3 Å². The van der Waals surface area contributed by atoms with Crippen molar-refractivity contribution in [3.05, 3.63) is 240 Å². The molecule has 4 amide bonds. The molecule has 36 heteroatoms. The molecule has 4 fully saturated rings. The van der Waals surface area contributed by atoms with Gasteiger partial charge in [0.2, 0.25) is 47.1 Å². The van der Waals surface area contributed by atoms with Gasteiger partial charge in [-0.15, -0.1) is 0 Å². The van der Waals surface area contributed by atoms with E-state index in [2.05, 4.69) is 130 Å². The van der Waals surface area contributed by atoms with Crippen molar-refractivity contribution in [2.75, 3.05) is 95.1 Å². The van der Waals surface area contributed by atoms with Crippen molar-refractivity contribution < 1.29 is 55.7 Å². The molecule has 4 saturated carbocycles. The first kappa shape index (κ1) is 94.2. The van der Waals surface area contributed by atoms with Gasteiger partial charge >= 0.3 is 0 Å². The number of nitrogens with one attached hydrogen (secondary N) is 8. The van der Waals surface area contributed by atoms with E-state index in [1.165, 1.54) is 24.3 Å². The largest absolute Gasteiger partial charge is 0.474 e. The Balaban J connectivity index is 0.000000113. The maximum atomic E-state index is 15.1. The van der Waals surface area contributed by atoms with Crippen LogP contribution >= 0.6 is 0 Å². The van der Waals surface area contributed by atoms with Crippen molar-refractivity contribution in [3.63, 3.8) is 0 Å².